The third-order valence-electron chi connectivity index (χ3n) is 4.38. The number of anilines is 1. The normalized spacial score (nSPS) is 20.7. The van der Waals surface area contributed by atoms with E-state index in [1.165, 1.54) is 19.4 Å². The van der Waals surface area contributed by atoms with Gasteiger partial charge in [-0.3, -0.25) is 4.90 Å². The molecule has 2 atom stereocenters. The van der Waals surface area contributed by atoms with Crippen LogP contribution in [-0.4, -0.2) is 43.7 Å². The molecule has 118 valence electrons. The second-order valence-corrected chi connectivity index (χ2v) is 6.23. The maximum Gasteiger partial charge on any atom is 0.146 e. The highest BCUT2D eigenvalue weighted by atomic mass is 19.1. The lowest BCUT2D eigenvalue weighted by molar-refractivity contribution is 0.270. The monoisotopic (exact) mass is 293 g/mol. The Bertz CT molecular complexity index is 461. The van der Waals surface area contributed by atoms with Crippen molar-refractivity contribution in [2.24, 2.45) is 5.73 Å². The molecule has 21 heavy (non-hydrogen) atoms. The Balaban J connectivity index is 2.16. The molecule has 1 aromatic carbocycles. The van der Waals surface area contributed by atoms with Crippen LogP contribution in [0, 0.1) is 5.82 Å². The number of benzene rings is 1. The van der Waals surface area contributed by atoms with Gasteiger partial charge in [-0.1, -0.05) is 19.1 Å². The van der Waals surface area contributed by atoms with Crippen LogP contribution in [-0.2, 0) is 6.42 Å². The van der Waals surface area contributed by atoms with Crippen LogP contribution in [0.1, 0.15) is 32.3 Å². The van der Waals surface area contributed by atoms with E-state index >= 15 is 0 Å². The zero-order chi connectivity index (χ0) is 15.4. The predicted octanol–water partition coefficient (Wildman–Crippen LogP) is 2.64. The van der Waals surface area contributed by atoms with Crippen LogP contribution in [0.2, 0.25) is 0 Å². The van der Waals surface area contributed by atoms with Crippen molar-refractivity contribution in [3.05, 3.63) is 29.6 Å². The Morgan fingerprint density at radius 1 is 1.48 bits per heavy atom. The highest BCUT2D eigenvalue weighted by Crippen LogP contribution is 2.27. The predicted molar refractivity (Wildman–Crippen MR) is 87.3 cm³/mol. The van der Waals surface area contributed by atoms with Crippen molar-refractivity contribution in [3.63, 3.8) is 0 Å². The molecule has 0 aliphatic carbocycles. The number of likely N-dealkylation sites (tertiary alicyclic amines) is 1. The molecule has 2 unspecified atom stereocenters. The summed E-state index contributed by atoms with van der Waals surface area (Å²) in [5.74, 6) is -0.142. The number of nitrogens with two attached hydrogens (primary N) is 1. The highest BCUT2D eigenvalue weighted by Gasteiger charge is 2.25. The first-order chi connectivity index (χ1) is 10.0. The summed E-state index contributed by atoms with van der Waals surface area (Å²) in [6, 6.07) is 5.88. The number of nitrogens with zero attached hydrogens (tertiary/aromatic N) is 2. The molecule has 1 aliphatic rings. The van der Waals surface area contributed by atoms with Crippen molar-refractivity contribution in [2.75, 3.05) is 31.6 Å². The summed E-state index contributed by atoms with van der Waals surface area (Å²) >= 11 is 0. The summed E-state index contributed by atoms with van der Waals surface area (Å²) < 4.78 is 14.3. The van der Waals surface area contributed by atoms with Crippen LogP contribution in [0.3, 0.4) is 0 Å². The van der Waals surface area contributed by atoms with Crippen molar-refractivity contribution >= 4 is 5.69 Å². The van der Waals surface area contributed by atoms with Gasteiger partial charge >= 0.3 is 0 Å². The lowest BCUT2D eigenvalue weighted by Gasteiger charge is -2.30. The standard InChI is InChI=1S/C17H28FN3/c1-4-21-10-6-8-15(21)12-20(3)17-14(11-13(2)19)7-5-9-16(17)18/h5,7,9,13,15H,4,6,8,10-12,19H2,1-3H3. The summed E-state index contributed by atoms with van der Waals surface area (Å²) in [6.07, 6.45) is 3.16. The fourth-order valence-electron chi connectivity index (χ4n) is 3.42. The Hall–Kier alpha value is -1.13. The van der Waals surface area contributed by atoms with Crippen LogP contribution in [0.25, 0.3) is 0 Å². The summed E-state index contributed by atoms with van der Waals surface area (Å²) in [4.78, 5) is 4.56. The smallest absolute Gasteiger partial charge is 0.146 e. The lowest BCUT2D eigenvalue weighted by Crippen LogP contribution is -2.39. The second-order valence-electron chi connectivity index (χ2n) is 6.23. The molecule has 2 rings (SSSR count). The van der Waals surface area contributed by atoms with Gasteiger partial charge in [-0.25, -0.2) is 4.39 Å². The largest absolute Gasteiger partial charge is 0.370 e. The van der Waals surface area contributed by atoms with Gasteiger partial charge in [0.2, 0.25) is 0 Å². The number of hydrogen-bond acceptors (Lipinski definition) is 3. The van der Waals surface area contributed by atoms with Gasteiger partial charge in [0.1, 0.15) is 5.82 Å². The van der Waals surface area contributed by atoms with E-state index in [2.05, 4.69) is 16.7 Å². The average Bonchev–Trinajstić information content (AvgIpc) is 2.85. The van der Waals surface area contributed by atoms with E-state index in [4.69, 9.17) is 5.73 Å². The number of halogens is 1. The van der Waals surface area contributed by atoms with Crippen molar-refractivity contribution in [1.29, 1.82) is 0 Å². The molecule has 2 N–H and O–H groups in total. The zero-order valence-electron chi connectivity index (χ0n) is 13.5. The molecular weight excluding hydrogens is 265 g/mol. The summed E-state index contributed by atoms with van der Waals surface area (Å²) in [6.45, 7) is 7.27. The van der Waals surface area contributed by atoms with Gasteiger partial charge in [-0.05, 0) is 50.9 Å². The molecule has 0 saturated carbocycles. The first-order valence-electron chi connectivity index (χ1n) is 8.01. The third kappa shape index (κ3) is 3.95. The van der Waals surface area contributed by atoms with E-state index in [0.717, 1.165) is 24.3 Å². The van der Waals surface area contributed by atoms with Crippen LogP contribution in [0.5, 0.6) is 0 Å². The van der Waals surface area contributed by atoms with Gasteiger partial charge in [0.05, 0.1) is 5.69 Å². The van der Waals surface area contributed by atoms with E-state index in [0.29, 0.717) is 12.5 Å². The van der Waals surface area contributed by atoms with Gasteiger partial charge < -0.3 is 10.6 Å². The third-order valence-corrected chi connectivity index (χ3v) is 4.38. The Morgan fingerprint density at radius 2 is 2.24 bits per heavy atom. The number of rotatable bonds is 6. The van der Waals surface area contributed by atoms with Crippen molar-refractivity contribution in [2.45, 2.75) is 45.2 Å². The van der Waals surface area contributed by atoms with Crippen LogP contribution in [0.15, 0.2) is 18.2 Å². The molecule has 0 radical (unpaired) electrons. The fraction of sp³-hybridized carbons (Fsp3) is 0.647. The molecule has 0 amide bonds. The molecule has 0 bridgehead atoms. The zero-order valence-corrected chi connectivity index (χ0v) is 13.5. The number of hydrogen-bond donors (Lipinski definition) is 1. The topological polar surface area (TPSA) is 32.5 Å². The molecule has 4 heteroatoms. The maximum atomic E-state index is 14.3. The molecular formula is C17H28FN3. The molecule has 1 saturated heterocycles. The minimum atomic E-state index is -0.142. The molecule has 0 spiro atoms. The minimum absolute atomic E-state index is 0.0394. The minimum Gasteiger partial charge on any atom is -0.370 e. The fourth-order valence-corrected chi connectivity index (χ4v) is 3.42. The maximum absolute atomic E-state index is 14.3. The van der Waals surface area contributed by atoms with E-state index in [1.807, 2.05) is 20.0 Å². The van der Waals surface area contributed by atoms with Crippen LogP contribution < -0.4 is 10.6 Å². The Morgan fingerprint density at radius 3 is 2.90 bits per heavy atom. The molecule has 1 aliphatic heterocycles. The average molecular weight is 293 g/mol. The first kappa shape index (κ1) is 16.2. The van der Waals surface area contributed by atoms with Gasteiger partial charge in [-0.15, -0.1) is 0 Å². The quantitative estimate of drug-likeness (QED) is 0.875. The highest BCUT2D eigenvalue weighted by molar-refractivity contribution is 5.54. The van der Waals surface area contributed by atoms with Crippen LogP contribution in [0.4, 0.5) is 10.1 Å². The van der Waals surface area contributed by atoms with E-state index in [-0.39, 0.29) is 11.9 Å². The van der Waals surface area contributed by atoms with Crippen molar-refractivity contribution in [3.8, 4) is 0 Å². The summed E-state index contributed by atoms with van der Waals surface area (Å²) in [5, 5.41) is 0. The van der Waals surface area contributed by atoms with Gasteiger partial charge in [0.25, 0.3) is 0 Å². The van der Waals surface area contributed by atoms with E-state index in [9.17, 15) is 4.39 Å². The second kappa shape index (κ2) is 7.23. The Labute approximate surface area is 127 Å². The van der Waals surface area contributed by atoms with Gasteiger partial charge in [-0.2, -0.15) is 0 Å². The van der Waals surface area contributed by atoms with Crippen molar-refractivity contribution < 1.29 is 4.39 Å². The first-order valence-corrected chi connectivity index (χ1v) is 8.01. The van der Waals surface area contributed by atoms with Gasteiger partial charge in [0.15, 0.2) is 0 Å². The summed E-state index contributed by atoms with van der Waals surface area (Å²) in [7, 11) is 2.00. The van der Waals surface area contributed by atoms with Crippen molar-refractivity contribution in [1.82, 2.24) is 4.90 Å². The molecule has 0 aromatic heterocycles. The number of likely N-dealkylation sites (N-methyl/N-ethyl adjacent to an activating group) is 2. The van der Waals surface area contributed by atoms with Crippen LogP contribution >= 0.6 is 0 Å². The van der Waals surface area contributed by atoms with E-state index < -0.39 is 0 Å². The summed E-state index contributed by atoms with van der Waals surface area (Å²) in [5.41, 5.74) is 7.63. The van der Waals surface area contributed by atoms with Gasteiger partial charge in [0, 0.05) is 25.7 Å². The SMILES string of the molecule is CCN1CCCC1CN(C)c1c(F)cccc1CC(C)N. The number of para-hydroxylation sites is 1. The lowest BCUT2D eigenvalue weighted by atomic mass is 10.0. The molecule has 1 heterocycles. The Kier molecular flexibility index (Phi) is 5.59. The molecule has 1 fully saturated rings. The van der Waals surface area contributed by atoms with E-state index in [1.54, 1.807) is 12.1 Å². The molecule has 3 nitrogen and oxygen atoms in total. The molecule has 1 aromatic rings.